The summed E-state index contributed by atoms with van der Waals surface area (Å²) in [5.41, 5.74) is 3.34. The maximum absolute atomic E-state index is 13.3. The van der Waals surface area contributed by atoms with Crippen LogP contribution in [0.4, 0.5) is 8.78 Å². The number of rotatable bonds is 4. The number of carbonyl (C=O) groups excluding carboxylic acids is 1. The minimum Gasteiger partial charge on any atom is -0.437 e. The number of nitrogens with zero attached hydrogens (tertiary/aromatic N) is 3. The van der Waals surface area contributed by atoms with Crippen molar-refractivity contribution in [3.05, 3.63) is 52.7 Å². The van der Waals surface area contributed by atoms with E-state index >= 15 is 0 Å². The summed E-state index contributed by atoms with van der Waals surface area (Å²) in [5.74, 6) is -1.78. The summed E-state index contributed by atoms with van der Waals surface area (Å²) in [6.45, 7) is 6.71. The normalized spacial score (nSPS) is 19.4. The van der Waals surface area contributed by atoms with Gasteiger partial charge in [0.2, 0.25) is 0 Å². The van der Waals surface area contributed by atoms with Crippen LogP contribution in [0.15, 0.2) is 28.7 Å². The third-order valence-corrected chi connectivity index (χ3v) is 5.82. The second kappa shape index (κ2) is 7.86. The number of aromatic nitrogens is 1. The summed E-state index contributed by atoms with van der Waals surface area (Å²) in [7, 11) is 0. The van der Waals surface area contributed by atoms with Gasteiger partial charge in [-0.1, -0.05) is 38.1 Å². The number of fused-ring (bicyclic) bond motifs is 1. The zero-order valence-electron chi connectivity index (χ0n) is 17.0. The molecule has 2 aliphatic heterocycles. The molecule has 1 amide bonds. The number of hydrogen-bond acceptors (Lipinski definition) is 4. The fourth-order valence-corrected chi connectivity index (χ4v) is 3.92. The maximum atomic E-state index is 13.3. The van der Waals surface area contributed by atoms with Crippen molar-refractivity contribution in [2.45, 2.75) is 58.0 Å². The molecular weight excluding hydrogens is 376 g/mol. The number of oxazole rings is 1. The van der Waals surface area contributed by atoms with Gasteiger partial charge in [-0.2, -0.15) is 0 Å². The molecule has 0 saturated carbocycles. The molecule has 0 bridgehead atoms. The predicted molar refractivity (Wildman–Crippen MR) is 105 cm³/mol. The highest BCUT2D eigenvalue weighted by Crippen LogP contribution is 2.29. The highest BCUT2D eigenvalue weighted by atomic mass is 19.3. The molecule has 2 aromatic rings. The third-order valence-electron chi connectivity index (χ3n) is 5.82. The molecule has 5 nitrogen and oxygen atoms in total. The van der Waals surface area contributed by atoms with E-state index in [1.165, 1.54) is 16.0 Å². The molecule has 0 unspecified atom stereocenters. The van der Waals surface area contributed by atoms with E-state index in [9.17, 15) is 13.6 Å². The number of amides is 1. The smallest absolute Gasteiger partial charge is 0.309 e. The largest absolute Gasteiger partial charge is 0.437 e. The van der Waals surface area contributed by atoms with Crippen molar-refractivity contribution in [3.63, 3.8) is 0 Å². The van der Waals surface area contributed by atoms with E-state index in [1.807, 2.05) is 0 Å². The second-order valence-corrected chi connectivity index (χ2v) is 8.39. The van der Waals surface area contributed by atoms with Gasteiger partial charge in [0.15, 0.2) is 0 Å². The van der Waals surface area contributed by atoms with Crippen LogP contribution in [0.5, 0.6) is 0 Å². The Morgan fingerprint density at radius 2 is 1.86 bits per heavy atom. The van der Waals surface area contributed by atoms with Crippen molar-refractivity contribution < 1.29 is 18.0 Å². The van der Waals surface area contributed by atoms with Gasteiger partial charge >= 0.3 is 5.91 Å². The Morgan fingerprint density at radius 3 is 2.52 bits per heavy atom. The summed E-state index contributed by atoms with van der Waals surface area (Å²) >= 11 is 0. The van der Waals surface area contributed by atoms with Gasteiger partial charge in [0, 0.05) is 52.0 Å². The fourth-order valence-electron chi connectivity index (χ4n) is 3.92. The average molecular weight is 403 g/mol. The van der Waals surface area contributed by atoms with Crippen LogP contribution >= 0.6 is 0 Å². The summed E-state index contributed by atoms with van der Waals surface area (Å²) in [5, 5.41) is 0. The predicted octanol–water partition coefficient (Wildman–Crippen LogP) is 4.23. The highest BCUT2D eigenvalue weighted by Gasteiger charge is 2.37. The number of halogens is 2. The number of carbonyl (C=O) groups is 1. The highest BCUT2D eigenvalue weighted by molar-refractivity contribution is 5.89. The molecule has 0 radical (unpaired) electrons. The fraction of sp³-hybridized carbons (Fsp3) is 0.545. The molecule has 1 fully saturated rings. The monoisotopic (exact) mass is 403 g/mol. The summed E-state index contributed by atoms with van der Waals surface area (Å²) in [6, 6.07) is 8.66. The Kier molecular flexibility index (Phi) is 5.42. The molecule has 0 atom stereocenters. The molecule has 0 spiro atoms. The molecule has 0 aliphatic carbocycles. The molecule has 2 aliphatic rings. The molecule has 1 aromatic carbocycles. The van der Waals surface area contributed by atoms with Crippen LogP contribution in [0.1, 0.15) is 65.9 Å². The van der Waals surface area contributed by atoms with E-state index in [-0.39, 0.29) is 37.7 Å². The summed E-state index contributed by atoms with van der Waals surface area (Å²) in [4.78, 5) is 20.7. The number of alkyl halides is 2. The van der Waals surface area contributed by atoms with Crippen molar-refractivity contribution in [3.8, 4) is 0 Å². The molecular formula is C22H27F2N3O2. The first-order valence-corrected chi connectivity index (χ1v) is 10.3. The lowest BCUT2D eigenvalue weighted by atomic mass is 10.0. The Bertz CT molecular complexity index is 867. The van der Waals surface area contributed by atoms with Gasteiger partial charge in [-0.05, 0) is 17.0 Å². The minimum absolute atomic E-state index is 0.0309. The summed E-state index contributed by atoms with van der Waals surface area (Å²) < 4.78 is 32.4. The van der Waals surface area contributed by atoms with Crippen molar-refractivity contribution in [1.82, 2.24) is 14.8 Å². The zero-order chi connectivity index (χ0) is 20.6. The van der Waals surface area contributed by atoms with Crippen LogP contribution in [0.2, 0.25) is 0 Å². The number of piperidine rings is 1. The van der Waals surface area contributed by atoms with E-state index in [0.29, 0.717) is 18.9 Å². The Labute approximate surface area is 169 Å². The SMILES string of the molecule is CC(C)c1ccc(CN2CCc3oc(C(=O)N4CCC(F)(F)CC4)nc3C2)cc1. The average Bonchev–Trinajstić information content (AvgIpc) is 3.11. The molecule has 0 N–H and O–H groups in total. The van der Waals surface area contributed by atoms with E-state index in [2.05, 4.69) is 48.0 Å². The van der Waals surface area contributed by atoms with Crippen LogP contribution < -0.4 is 0 Å². The molecule has 7 heteroatoms. The van der Waals surface area contributed by atoms with Crippen molar-refractivity contribution >= 4 is 5.91 Å². The minimum atomic E-state index is -2.68. The molecule has 156 valence electrons. The van der Waals surface area contributed by atoms with Gasteiger partial charge in [-0.3, -0.25) is 9.69 Å². The lowest BCUT2D eigenvalue weighted by Crippen LogP contribution is -2.42. The van der Waals surface area contributed by atoms with Crippen molar-refractivity contribution in [2.75, 3.05) is 19.6 Å². The van der Waals surface area contributed by atoms with Gasteiger partial charge in [0.1, 0.15) is 5.76 Å². The van der Waals surface area contributed by atoms with E-state index in [1.54, 1.807) is 0 Å². The Balaban J connectivity index is 1.39. The Hall–Kier alpha value is -2.28. The molecule has 4 rings (SSSR count). The third kappa shape index (κ3) is 4.50. The maximum Gasteiger partial charge on any atom is 0.309 e. The molecule has 3 heterocycles. The van der Waals surface area contributed by atoms with Crippen LogP contribution in [0.25, 0.3) is 0 Å². The van der Waals surface area contributed by atoms with Gasteiger partial charge in [0.05, 0.1) is 5.69 Å². The first-order valence-electron chi connectivity index (χ1n) is 10.3. The van der Waals surface area contributed by atoms with Gasteiger partial charge in [-0.25, -0.2) is 13.8 Å². The lowest BCUT2D eigenvalue weighted by Gasteiger charge is -2.30. The van der Waals surface area contributed by atoms with Gasteiger partial charge < -0.3 is 9.32 Å². The van der Waals surface area contributed by atoms with Crippen LogP contribution in [0, 0.1) is 0 Å². The number of hydrogen-bond donors (Lipinski definition) is 0. The first kappa shape index (κ1) is 20.0. The lowest BCUT2D eigenvalue weighted by molar-refractivity contribution is -0.0499. The Morgan fingerprint density at radius 1 is 1.17 bits per heavy atom. The number of benzene rings is 1. The van der Waals surface area contributed by atoms with Gasteiger partial charge in [-0.15, -0.1) is 0 Å². The first-order chi connectivity index (χ1) is 13.8. The van der Waals surface area contributed by atoms with Crippen LogP contribution in [-0.2, 0) is 19.5 Å². The van der Waals surface area contributed by atoms with Crippen LogP contribution in [-0.4, -0.2) is 46.2 Å². The van der Waals surface area contributed by atoms with E-state index in [0.717, 1.165) is 24.5 Å². The number of likely N-dealkylation sites (tertiary alicyclic amines) is 1. The second-order valence-electron chi connectivity index (χ2n) is 8.39. The van der Waals surface area contributed by atoms with Crippen LogP contribution in [0.3, 0.4) is 0 Å². The van der Waals surface area contributed by atoms with Crippen molar-refractivity contribution in [2.24, 2.45) is 0 Å². The van der Waals surface area contributed by atoms with E-state index in [4.69, 9.17) is 4.42 Å². The molecule has 29 heavy (non-hydrogen) atoms. The quantitative estimate of drug-likeness (QED) is 0.767. The zero-order valence-corrected chi connectivity index (χ0v) is 17.0. The summed E-state index contributed by atoms with van der Waals surface area (Å²) in [6.07, 6.45) is 0.0862. The van der Waals surface area contributed by atoms with E-state index < -0.39 is 5.92 Å². The standard InChI is InChI=1S/C22H27F2N3O2/c1-15(2)17-5-3-16(4-6-17)13-26-10-7-19-18(14-26)25-20(29-19)21(28)27-11-8-22(23,24)9-12-27/h3-6,15H,7-14H2,1-2H3. The van der Waals surface area contributed by atoms with Gasteiger partial charge in [0.25, 0.3) is 11.8 Å². The molecule has 1 saturated heterocycles. The topological polar surface area (TPSA) is 49.6 Å². The van der Waals surface area contributed by atoms with Crippen molar-refractivity contribution in [1.29, 1.82) is 0 Å². The molecule has 1 aromatic heterocycles.